The van der Waals surface area contributed by atoms with E-state index < -0.39 is 5.37 Å². The lowest BCUT2D eigenvalue weighted by Gasteiger charge is -2.25. The number of hydrogen-bond donors (Lipinski definition) is 0. The van der Waals surface area contributed by atoms with E-state index in [-0.39, 0.29) is 16.7 Å². The van der Waals surface area contributed by atoms with Gasteiger partial charge in [-0.1, -0.05) is 18.2 Å². The summed E-state index contributed by atoms with van der Waals surface area (Å²) in [6.45, 7) is 3.72. The molecule has 4 rings (SSSR count). The number of carbonyl (C=O) groups is 1. The minimum atomic E-state index is -0.412. The van der Waals surface area contributed by atoms with Gasteiger partial charge in [0.1, 0.15) is 22.6 Å². The van der Waals surface area contributed by atoms with E-state index in [0.29, 0.717) is 22.9 Å². The quantitative estimate of drug-likeness (QED) is 0.607. The van der Waals surface area contributed by atoms with E-state index in [2.05, 4.69) is 0 Å². The first kappa shape index (κ1) is 21.1. The highest BCUT2D eigenvalue weighted by Crippen LogP contribution is 2.48. The predicted octanol–water partition coefficient (Wildman–Crippen LogP) is 3.67. The van der Waals surface area contributed by atoms with Crippen LogP contribution < -0.4 is 19.9 Å². The number of carbonyl (C=O) groups excluding carboxylic acids is 1. The van der Waals surface area contributed by atoms with Gasteiger partial charge in [0.2, 0.25) is 5.91 Å². The zero-order chi connectivity index (χ0) is 22.3. The van der Waals surface area contributed by atoms with Gasteiger partial charge in [-0.25, -0.2) is 4.68 Å². The molecule has 0 unspecified atom stereocenters. The van der Waals surface area contributed by atoms with Gasteiger partial charge < -0.3 is 9.47 Å². The molecule has 0 saturated carbocycles. The third kappa shape index (κ3) is 3.40. The monoisotopic (exact) mass is 439 g/mol. The van der Waals surface area contributed by atoms with E-state index >= 15 is 0 Å². The van der Waals surface area contributed by atoms with Crippen molar-refractivity contribution in [2.45, 2.75) is 24.5 Å². The number of rotatable bonds is 5. The Balaban J connectivity index is 1.91. The Morgan fingerprint density at radius 1 is 1.00 bits per heavy atom. The van der Waals surface area contributed by atoms with Gasteiger partial charge in [-0.05, 0) is 44.2 Å². The summed E-state index contributed by atoms with van der Waals surface area (Å²) in [5, 5.41) is -0.712. The van der Waals surface area contributed by atoms with E-state index in [0.717, 1.165) is 11.3 Å². The standard InChI is InChI=1S/C23H25N3O4S/c1-14-20(22(28)26(24(14)3)16-9-7-6-8-10-16)25-21(27)15(2)31-23(25)18-13-17(29-4)11-12-19(18)30-5/h6-13,15,23H,1-5H3/t15-,23+/m0/s1. The molecule has 1 aromatic heterocycles. The van der Waals surface area contributed by atoms with Crippen LogP contribution >= 0.6 is 11.8 Å². The number of ether oxygens (including phenoxy) is 2. The molecule has 1 fully saturated rings. The van der Waals surface area contributed by atoms with Crippen molar-refractivity contribution in [3.63, 3.8) is 0 Å². The summed E-state index contributed by atoms with van der Waals surface area (Å²) in [5.41, 5.74) is 2.39. The maximum Gasteiger partial charge on any atom is 0.295 e. The van der Waals surface area contributed by atoms with Crippen molar-refractivity contribution in [1.82, 2.24) is 9.36 Å². The minimum absolute atomic E-state index is 0.106. The molecular weight excluding hydrogens is 414 g/mol. The van der Waals surface area contributed by atoms with Crippen molar-refractivity contribution in [2.24, 2.45) is 7.05 Å². The molecular formula is C23H25N3O4S. The van der Waals surface area contributed by atoms with Gasteiger partial charge in [0, 0.05) is 12.6 Å². The first-order valence-corrected chi connectivity index (χ1v) is 10.9. The molecule has 2 heterocycles. The Morgan fingerprint density at radius 3 is 2.35 bits per heavy atom. The van der Waals surface area contributed by atoms with Gasteiger partial charge in [0.05, 0.1) is 30.9 Å². The van der Waals surface area contributed by atoms with Crippen LogP contribution in [0, 0.1) is 6.92 Å². The molecule has 7 nitrogen and oxygen atoms in total. The highest BCUT2D eigenvalue weighted by molar-refractivity contribution is 8.01. The van der Waals surface area contributed by atoms with Crippen LogP contribution in [0.15, 0.2) is 53.3 Å². The number of amides is 1. The molecule has 1 aliphatic rings. The van der Waals surface area contributed by atoms with Gasteiger partial charge in [0.25, 0.3) is 5.56 Å². The number of anilines is 1. The van der Waals surface area contributed by atoms with Gasteiger partial charge in [-0.15, -0.1) is 11.8 Å². The molecule has 1 saturated heterocycles. The van der Waals surface area contributed by atoms with Crippen LogP contribution in [0.4, 0.5) is 5.69 Å². The fraction of sp³-hybridized carbons (Fsp3) is 0.304. The van der Waals surface area contributed by atoms with Crippen LogP contribution in [0.1, 0.15) is 23.6 Å². The topological polar surface area (TPSA) is 65.7 Å². The summed E-state index contributed by atoms with van der Waals surface area (Å²) in [6, 6.07) is 14.9. The average Bonchev–Trinajstić information content (AvgIpc) is 3.19. The first-order valence-electron chi connectivity index (χ1n) is 9.93. The van der Waals surface area contributed by atoms with Gasteiger partial charge in [0.15, 0.2) is 0 Å². The third-order valence-electron chi connectivity index (χ3n) is 5.62. The zero-order valence-electron chi connectivity index (χ0n) is 18.2. The molecule has 0 bridgehead atoms. The number of para-hydroxylation sites is 1. The second-order valence-electron chi connectivity index (χ2n) is 7.36. The van der Waals surface area contributed by atoms with Crippen molar-refractivity contribution in [3.05, 3.63) is 70.1 Å². The van der Waals surface area contributed by atoms with Crippen molar-refractivity contribution < 1.29 is 14.3 Å². The summed E-state index contributed by atoms with van der Waals surface area (Å²) in [4.78, 5) is 28.5. The minimum Gasteiger partial charge on any atom is -0.497 e. The number of aromatic nitrogens is 2. The smallest absolute Gasteiger partial charge is 0.295 e. The van der Waals surface area contributed by atoms with E-state index in [1.165, 1.54) is 11.8 Å². The molecule has 162 valence electrons. The molecule has 1 aliphatic heterocycles. The molecule has 0 aliphatic carbocycles. The Labute approximate surface area is 185 Å². The lowest BCUT2D eigenvalue weighted by molar-refractivity contribution is -0.117. The van der Waals surface area contributed by atoms with Crippen LogP contribution in [0.3, 0.4) is 0 Å². The summed E-state index contributed by atoms with van der Waals surface area (Å²) in [7, 11) is 5.01. The number of hydrogen-bond acceptors (Lipinski definition) is 5. The summed E-state index contributed by atoms with van der Waals surface area (Å²) in [5.74, 6) is 1.20. The lowest BCUT2D eigenvalue weighted by atomic mass is 10.1. The van der Waals surface area contributed by atoms with Crippen molar-refractivity contribution in [2.75, 3.05) is 19.1 Å². The molecule has 0 spiro atoms. The molecule has 3 aromatic rings. The molecule has 8 heteroatoms. The number of thioether (sulfide) groups is 1. The van der Waals surface area contributed by atoms with E-state index in [1.807, 2.05) is 69.4 Å². The molecule has 2 atom stereocenters. The Morgan fingerprint density at radius 2 is 1.71 bits per heavy atom. The second kappa shape index (κ2) is 8.19. The van der Waals surface area contributed by atoms with Crippen LogP contribution in [-0.4, -0.2) is 34.7 Å². The molecule has 2 aromatic carbocycles. The van der Waals surface area contributed by atoms with Crippen molar-refractivity contribution in [3.8, 4) is 17.2 Å². The molecule has 0 N–H and O–H groups in total. The molecule has 31 heavy (non-hydrogen) atoms. The first-order chi connectivity index (χ1) is 14.9. The summed E-state index contributed by atoms with van der Waals surface area (Å²) < 4.78 is 14.3. The van der Waals surface area contributed by atoms with Crippen molar-refractivity contribution in [1.29, 1.82) is 0 Å². The maximum atomic E-state index is 13.6. The van der Waals surface area contributed by atoms with Gasteiger partial charge >= 0.3 is 0 Å². The SMILES string of the molecule is COc1ccc(OC)c([C@H]2S[C@@H](C)C(=O)N2c2c(C)n(C)n(-c3ccccc3)c2=O)c1. The Kier molecular flexibility index (Phi) is 5.58. The Hall–Kier alpha value is -3.13. The number of methoxy groups -OCH3 is 2. The normalized spacial score (nSPS) is 18.5. The van der Waals surface area contributed by atoms with E-state index in [1.54, 1.807) is 28.5 Å². The van der Waals surface area contributed by atoms with Crippen LogP contribution in [0.25, 0.3) is 5.69 Å². The maximum absolute atomic E-state index is 13.6. The lowest BCUT2D eigenvalue weighted by Crippen LogP contribution is -2.34. The van der Waals surface area contributed by atoms with Crippen molar-refractivity contribution >= 4 is 23.4 Å². The second-order valence-corrected chi connectivity index (χ2v) is 8.78. The van der Waals surface area contributed by atoms with E-state index in [4.69, 9.17) is 9.47 Å². The average molecular weight is 440 g/mol. The van der Waals surface area contributed by atoms with Crippen LogP contribution in [0.5, 0.6) is 11.5 Å². The van der Waals surface area contributed by atoms with E-state index in [9.17, 15) is 9.59 Å². The number of benzene rings is 2. The largest absolute Gasteiger partial charge is 0.497 e. The highest BCUT2D eigenvalue weighted by atomic mass is 32.2. The van der Waals surface area contributed by atoms with Crippen LogP contribution in [0.2, 0.25) is 0 Å². The number of nitrogens with zero attached hydrogens (tertiary/aromatic N) is 3. The summed E-state index contributed by atoms with van der Waals surface area (Å²) in [6.07, 6.45) is 0. The highest BCUT2D eigenvalue weighted by Gasteiger charge is 2.43. The van der Waals surface area contributed by atoms with Gasteiger partial charge in [-0.3, -0.25) is 19.2 Å². The Bertz CT molecular complexity index is 1190. The third-order valence-corrected chi connectivity index (χ3v) is 6.95. The molecule has 0 radical (unpaired) electrons. The zero-order valence-corrected chi connectivity index (χ0v) is 19.0. The van der Waals surface area contributed by atoms with Gasteiger partial charge in [-0.2, -0.15) is 0 Å². The summed E-state index contributed by atoms with van der Waals surface area (Å²) >= 11 is 1.49. The van der Waals surface area contributed by atoms with Crippen LogP contribution in [-0.2, 0) is 11.8 Å². The predicted molar refractivity (Wildman–Crippen MR) is 123 cm³/mol. The fourth-order valence-corrected chi connectivity index (χ4v) is 5.21. The fourth-order valence-electron chi connectivity index (χ4n) is 3.93. The molecule has 1 amide bonds.